The molecule has 1 spiro atoms. The minimum absolute atomic E-state index is 0.263. The zero-order chi connectivity index (χ0) is 12.6. The van der Waals surface area contributed by atoms with Crippen LogP contribution in [0.5, 0.6) is 0 Å². The van der Waals surface area contributed by atoms with Gasteiger partial charge in [0.15, 0.2) is 0 Å². The Morgan fingerprint density at radius 2 is 2.06 bits per heavy atom. The van der Waals surface area contributed by atoms with Gasteiger partial charge in [0.1, 0.15) is 0 Å². The van der Waals surface area contributed by atoms with Crippen LogP contribution in [0.3, 0.4) is 0 Å². The summed E-state index contributed by atoms with van der Waals surface area (Å²) in [5.41, 5.74) is 0.263. The van der Waals surface area contributed by atoms with Crippen LogP contribution in [0.15, 0.2) is 0 Å². The van der Waals surface area contributed by atoms with E-state index in [2.05, 4.69) is 33.0 Å². The van der Waals surface area contributed by atoms with Crippen LogP contribution in [0.25, 0.3) is 0 Å². The average Bonchev–Trinajstić information content (AvgIpc) is 2.49. The van der Waals surface area contributed by atoms with E-state index in [-0.39, 0.29) is 11.3 Å². The van der Waals surface area contributed by atoms with E-state index in [1.54, 1.807) is 0 Å². The van der Waals surface area contributed by atoms with Gasteiger partial charge in [-0.1, -0.05) is 34.1 Å². The monoisotopic (exact) mass is 237 g/mol. The lowest BCUT2D eigenvalue weighted by Gasteiger charge is -2.46. The molecule has 17 heavy (non-hydrogen) atoms. The lowest BCUT2D eigenvalue weighted by molar-refractivity contribution is -0.120. The molecule has 1 heterocycles. The van der Waals surface area contributed by atoms with E-state index in [4.69, 9.17) is 0 Å². The number of carbonyl (C=O) groups is 1. The van der Waals surface area contributed by atoms with Crippen molar-refractivity contribution in [1.82, 2.24) is 5.32 Å². The second kappa shape index (κ2) is 4.62. The van der Waals surface area contributed by atoms with E-state index in [0.29, 0.717) is 17.9 Å². The third-order valence-electron chi connectivity index (χ3n) is 5.03. The van der Waals surface area contributed by atoms with Gasteiger partial charge in [-0.2, -0.15) is 0 Å². The molecular formula is C15H27NO. The van der Waals surface area contributed by atoms with Crippen LogP contribution in [0.2, 0.25) is 0 Å². The summed E-state index contributed by atoms with van der Waals surface area (Å²) in [4.78, 5) is 11.8. The normalized spacial score (nSPS) is 42.2. The summed E-state index contributed by atoms with van der Waals surface area (Å²) in [5.74, 6) is 2.44. The first-order valence-electron chi connectivity index (χ1n) is 7.23. The Balaban J connectivity index is 2.21. The van der Waals surface area contributed by atoms with Crippen LogP contribution in [0.1, 0.15) is 59.8 Å². The average molecular weight is 237 g/mol. The second-order valence-electron chi connectivity index (χ2n) is 6.95. The lowest BCUT2D eigenvalue weighted by atomic mass is 9.59. The fourth-order valence-corrected chi connectivity index (χ4v) is 4.08. The van der Waals surface area contributed by atoms with Crippen molar-refractivity contribution in [3.8, 4) is 0 Å². The molecule has 98 valence electrons. The third-order valence-corrected chi connectivity index (χ3v) is 5.03. The SMILES string of the molecule is CC(C)CC1NC(=O)CC12CC(C)CCC2C. The molecule has 0 bridgehead atoms. The van der Waals surface area contributed by atoms with Crippen molar-refractivity contribution in [2.45, 2.75) is 65.8 Å². The van der Waals surface area contributed by atoms with Gasteiger partial charge in [-0.3, -0.25) is 4.79 Å². The molecule has 4 unspecified atom stereocenters. The molecule has 2 aliphatic rings. The summed E-state index contributed by atoms with van der Waals surface area (Å²) in [6.07, 6.45) is 5.79. The Kier molecular flexibility index (Phi) is 3.51. The van der Waals surface area contributed by atoms with Crippen molar-refractivity contribution in [2.24, 2.45) is 23.2 Å². The molecule has 0 aromatic carbocycles. The van der Waals surface area contributed by atoms with E-state index in [0.717, 1.165) is 18.8 Å². The summed E-state index contributed by atoms with van der Waals surface area (Å²) in [6, 6.07) is 0.424. The number of hydrogen-bond acceptors (Lipinski definition) is 1. The fraction of sp³-hybridized carbons (Fsp3) is 0.933. The summed E-state index contributed by atoms with van der Waals surface area (Å²) >= 11 is 0. The molecule has 2 rings (SSSR count). The third kappa shape index (κ3) is 2.36. The van der Waals surface area contributed by atoms with E-state index < -0.39 is 0 Å². The van der Waals surface area contributed by atoms with Crippen LogP contribution in [0, 0.1) is 23.2 Å². The minimum atomic E-state index is 0.263. The van der Waals surface area contributed by atoms with Gasteiger partial charge in [-0.15, -0.1) is 0 Å². The molecule has 0 radical (unpaired) electrons. The molecule has 1 saturated carbocycles. The molecule has 2 heteroatoms. The number of rotatable bonds is 2. The van der Waals surface area contributed by atoms with Gasteiger partial charge in [-0.05, 0) is 37.0 Å². The first-order valence-corrected chi connectivity index (χ1v) is 7.23. The first-order chi connectivity index (χ1) is 7.94. The highest BCUT2D eigenvalue weighted by atomic mass is 16.2. The predicted octanol–water partition coefficient (Wildman–Crippen LogP) is 3.36. The quantitative estimate of drug-likeness (QED) is 0.784. The van der Waals surface area contributed by atoms with Crippen LogP contribution >= 0.6 is 0 Å². The Bertz CT molecular complexity index is 299. The number of amides is 1. The van der Waals surface area contributed by atoms with Gasteiger partial charge in [-0.25, -0.2) is 0 Å². The van der Waals surface area contributed by atoms with Gasteiger partial charge in [0, 0.05) is 17.9 Å². The molecule has 1 aliphatic heterocycles. The maximum atomic E-state index is 11.8. The summed E-state index contributed by atoms with van der Waals surface area (Å²) in [5, 5.41) is 3.26. The van der Waals surface area contributed by atoms with Crippen molar-refractivity contribution < 1.29 is 4.79 Å². The minimum Gasteiger partial charge on any atom is -0.353 e. The maximum absolute atomic E-state index is 11.8. The molecule has 2 nitrogen and oxygen atoms in total. The van der Waals surface area contributed by atoms with Gasteiger partial charge < -0.3 is 5.32 Å². The first kappa shape index (κ1) is 12.9. The second-order valence-corrected chi connectivity index (χ2v) is 6.95. The van der Waals surface area contributed by atoms with Crippen LogP contribution < -0.4 is 5.32 Å². The Morgan fingerprint density at radius 1 is 1.35 bits per heavy atom. The van der Waals surface area contributed by atoms with Gasteiger partial charge in [0.2, 0.25) is 5.91 Å². The smallest absolute Gasteiger partial charge is 0.220 e. The topological polar surface area (TPSA) is 29.1 Å². The molecule has 0 aromatic rings. The van der Waals surface area contributed by atoms with Crippen molar-refractivity contribution in [3.05, 3.63) is 0 Å². The highest BCUT2D eigenvalue weighted by Crippen LogP contribution is 2.52. The largest absolute Gasteiger partial charge is 0.353 e. The zero-order valence-electron chi connectivity index (χ0n) is 11.8. The molecule has 0 aromatic heterocycles. The maximum Gasteiger partial charge on any atom is 0.220 e. The van der Waals surface area contributed by atoms with Crippen molar-refractivity contribution in [1.29, 1.82) is 0 Å². The van der Waals surface area contributed by atoms with E-state index >= 15 is 0 Å². The number of nitrogens with one attached hydrogen (secondary N) is 1. The molecule has 1 N–H and O–H groups in total. The summed E-state index contributed by atoms with van der Waals surface area (Å²) < 4.78 is 0. The van der Waals surface area contributed by atoms with Crippen molar-refractivity contribution >= 4 is 5.91 Å². The zero-order valence-corrected chi connectivity index (χ0v) is 11.8. The fourth-order valence-electron chi connectivity index (χ4n) is 4.08. The molecule has 4 atom stereocenters. The van der Waals surface area contributed by atoms with Crippen LogP contribution in [-0.2, 0) is 4.79 Å². The van der Waals surface area contributed by atoms with E-state index in [1.165, 1.54) is 19.3 Å². The predicted molar refractivity (Wildman–Crippen MR) is 70.6 cm³/mol. The molecule has 1 aliphatic carbocycles. The van der Waals surface area contributed by atoms with Crippen LogP contribution in [0.4, 0.5) is 0 Å². The van der Waals surface area contributed by atoms with Gasteiger partial charge >= 0.3 is 0 Å². The van der Waals surface area contributed by atoms with E-state index in [9.17, 15) is 4.79 Å². The van der Waals surface area contributed by atoms with Crippen molar-refractivity contribution in [3.63, 3.8) is 0 Å². The highest BCUT2D eigenvalue weighted by Gasteiger charge is 2.52. The molecular weight excluding hydrogens is 210 g/mol. The van der Waals surface area contributed by atoms with Gasteiger partial charge in [0.25, 0.3) is 0 Å². The lowest BCUT2D eigenvalue weighted by Crippen LogP contribution is -2.45. The number of hydrogen-bond donors (Lipinski definition) is 1. The highest BCUT2D eigenvalue weighted by molar-refractivity contribution is 5.80. The standard InChI is InChI=1S/C15H27NO/c1-10(2)7-13-15(9-14(17)16-13)8-11(3)5-6-12(15)4/h10-13H,5-9H2,1-4H3,(H,16,17). The number of carbonyl (C=O) groups excluding carboxylic acids is 1. The Morgan fingerprint density at radius 3 is 2.71 bits per heavy atom. The van der Waals surface area contributed by atoms with Gasteiger partial charge in [0.05, 0.1) is 0 Å². The Hall–Kier alpha value is -0.530. The Labute approximate surface area is 106 Å². The molecule has 2 fully saturated rings. The summed E-state index contributed by atoms with van der Waals surface area (Å²) in [6.45, 7) is 9.23. The molecule has 1 saturated heterocycles. The van der Waals surface area contributed by atoms with Crippen LogP contribution in [-0.4, -0.2) is 11.9 Å². The molecule has 1 amide bonds. The summed E-state index contributed by atoms with van der Waals surface area (Å²) in [7, 11) is 0. The van der Waals surface area contributed by atoms with E-state index in [1.807, 2.05) is 0 Å². The van der Waals surface area contributed by atoms with Crippen molar-refractivity contribution in [2.75, 3.05) is 0 Å².